The van der Waals surface area contributed by atoms with E-state index in [-0.39, 0.29) is 11.4 Å². The summed E-state index contributed by atoms with van der Waals surface area (Å²) in [7, 11) is 0. The Morgan fingerprint density at radius 3 is 2.70 bits per heavy atom. The molecule has 142 valence electrons. The molecule has 0 aliphatic heterocycles. The fourth-order valence-corrected chi connectivity index (χ4v) is 2.09. The summed E-state index contributed by atoms with van der Waals surface area (Å²) in [6, 6.07) is 7.46. The van der Waals surface area contributed by atoms with E-state index >= 15 is 0 Å². The molecule has 0 atom stereocenters. The molecule has 0 saturated carbocycles. The number of hydrogen-bond acceptors (Lipinski definition) is 7. The predicted molar refractivity (Wildman–Crippen MR) is 96.3 cm³/mol. The van der Waals surface area contributed by atoms with Crippen LogP contribution in [0.5, 0.6) is 5.75 Å². The molecule has 0 aliphatic carbocycles. The number of hydrogen-bond donors (Lipinski definition) is 1. The monoisotopic (exact) mass is 374 g/mol. The van der Waals surface area contributed by atoms with Crippen LogP contribution in [0.3, 0.4) is 0 Å². The molecule has 9 nitrogen and oxygen atoms in total. The molecule has 2 aromatic rings. The Labute approximate surface area is 154 Å². The quantitative estimate of drug-likeness (QED) is 0.326. The number of carbonyl (C=O) groups excluding carboxylic acids is 2. The van der Waals surface area contributed by atoms with Gasteiger partial charge in [0.2, 0.25) is 0 Å². The molecular formula is C18H18N2O7. The lowest BCUT2D eigenvalue weighted by Crippen LogP contribution is -2.20. The third-order valence-electron chi connectivity index (χ3n) is 3.24. The first kappa shape index (κ1) is 19.7. The number of anilines is 1. The van der Waals surface area contributed by atoms with Gasteiger partial charge in [-0.3, -0.25) is 14.9 Å². The minimum atomic E-state index is -0.750. The fourth-order valence-electron chi connectivity index (χ4n) is 2.09. The third-order valence-corrected chi connectivity index (χ3v) is 3.24. The zero-order valence-corrected chi connectivity index (χ0v) is 14.8. The van der Waals surface area contributed by atoms with Crippen molar-refractivity contribution in [1.82, 2.24) is 0 Å². The third kappa shape index (κ3) is 5.99. The molecule has 2 rings (SSSR count). The molecule has 0 radical (unpaired) electrons. The second-order valence-electron chi connectivity index (χ2n) is 5.31. The lowest BCUT2D eigenvalue weighted by Gasteiger charge is -2.08. The average molecular weight is 374 g/mol. The van der Waals surface area contributed by atoms with Gasteiger partial charge >= 0.3 is 5.97 Å². The van der Waals surface area contributed by atoms with Crippen molar-refractivity contribution in [2.24, 2.45) is 0 Å². The Balaban J connectivity index is 1.92. The zero-order valence-electron chi connectivity index (χ0n) is 14.8. The molecule has 0 unspecified atom stereocenters. The Morgan fingerprint density at radius 2 is 2.07 bits per heavy atom. The van der Waals surface area contributed by atoms with Gasteiger partial charge in [0.1, 0.15) is 23.0 Å². The molecule has 0 fully saturated rings. The first-order valence-electron chi connectivity index (χ1n) is 8.01. The fraction of sp³-hybridized carbons (Fsp3) is 0.222. The maximum Gasteiger partial charge on any atom is 0.331 e. The largest absolute Gasteiger partial charge is 0.494 e. The van der Waals surface area contributed by atoms with Crippen molar-refractivity contribution in [3.63, 3.8) is 0 Å². The lowest BCUT2D eigenvalue weighted by molar-refractivity contribution is -0.384. The molecule has 0 aliphatic rings. The number of nitro benzene ring substituents is 1. The van der Waals surface area contributed by atoms with Crippen molar-refractivity contribution in [1.29, 1.82) is 0 Å². The Kier molecular flexibility index (Phi) is 6.70. The zero-order chi connectivity index (χ0) is 19.8. The van der Waals surface area contributed by atoms with Crippen molar-refractivity contribution in [2.45, 2.75) is 13.8 Å². The van der Waals surface area contributed by atoms with Gasteiger partial charge in [0, 0.05) is 6.08 Å². The number of benzene rings is 1. The molecule has 1 amide bonds. The summed E-state index contributed by atoms with van der Waals surface area (Å²) < 4.78 is 15.2. The van der Waals surface area contributed by atoms with E-state index in [0.29, 0.717) is 23.9 Å². The normalized spacial score (nSPS) is 10.6. The van der Waals surface area contributed by atoms with Crippen molar-refractivity contribution in [3.05, 3.63) is 58.0 Å². The molecule has 27 heavy (non-hydrogen) atoms. The molecule has 9 heteroatoms. The molecule has 1 heterocycles. The highest BCUT2D eigenvalue weighted by molar-refractivity contribution is 5.96. The smallest absolute Gasteiger partial charge is 0.331 e. The van der Waals surface area contributed by atoms with Crippen LogP contribution in [0.2, 0.25) is 0 Å². The van der Waals surface area contributed by atoms with Gasteiger partial charge in [-0.05, 0) is 44.2 Å². The van der Waals surface area contributed by atoms with Gasteiger partial charge in [-0.15, -0.1) is 0 Å². The molecular weight excluding hydrogens is 356 g/mol. The van der Waals surface area contributed by atoms with Crippen LogP contribution in [0.15, 0.2) is 40.8 Å². The number of furan rings is 1. The Morgan fingerprint density at radius 1 is 1.30 bits per heavy atom. The van der Waals surface area contributed by atoms with Crippen LogP contribution in [-0.2, 0) is 14.3 Å². The van der Waals surface area contributed by atoms with Crippen molar-refractivity contribution >= 4 is 29.3 Å². The van der Waals surface area contributed by atoms with Gasteiger partial charge < -0.3 is 19.2 Å². The van der Waals surface area contributed by atoms with Crippen molar-refractivity contribution < 1.29 is 28.4 Å². The minimum Gasteiger partial charge on any atom is -0.494 e. The van der Waals surface area contributed by atoms with E-state index < -0.39 is 23.4 Å². The van der Waals surface area contributed by atoms with Crippen LogP contribution in [0.1, 0.15) is 18.4 Å². The summed E-state index contributed by atoms with van der Waals surface area (Å²) in [6.45, 7) is 3.27. The predicted octanol–water partition coefficient (Wildman–Crippen LogP) is 3.09. The summed E-state index contributed by atoms with van der Waals surface area (Å²) in [5, 5.41) is 13.5. The maximum absolute atomic E-state index is 11.9. The number of nitrogens with zero attached hydrogens (tertiary/aromatic N) is 1. The molecule has 1 aromatic carbocycles. The number of carbonyl (C=O) groups is 2. The lowest BCUT2D eigenvalue weighted by atomic mass is 10.2. The summed E-state index contributed by atoms with van der Waals surface area (Å²) in [6.07, 6.45) is 2.52. The number of aryl methyl sites for hydroxylation is 1. The van der Waals surface area contributed by atoms with Crippen LogP contribution < -0.4 is 10.1 Å². The first-order chi connectivity index (χ1) is 12.9. The van der Waals surface area contributed by atoms with Gasteiger partial charge in [-0.2, -0.15) is 0 Å². The van der Waals surface area contributed by atoms with Gasteiger partial charge in [-0.1, -0.05) is 0 Å². The number of esters is 1. The van der Waals surface area contributed by atoms with Crippen LogP contribution >= 0.6 is 0 Å². The van der Waals surface area contributed by atoms with Crippen molar-refractivity contribution in [2.75, 3.05) is 18.5 Å². The van der Waals surface area contributed by atoms with E-state index in [1.807, 2.05) is 0 Å². The topological polar surface area (TPSA) is 121 Å². The van der Waals surface area contributed by atoms with E-state index in [9.17, 15) is 19.7 Å². The summed E-state index contributed by atoms with van der Waals surface area (Å²) >= 11 is 0. The van der Waals surface area contributed by atoms with E-state index in [1.165, 1.54) is 24.3 Å². The van der Waals surface area contributed by atoms with Crippen LogP contribution in [0.4, 0.5) is 11.4 Å². The standard InChI is InChI=1S/C18H18N2O7/c1-3-25-14-6-8-15(16(10-14)20(23)24)19-17(21)11-26-18(22)9-7-13-5-4-12(2)27-13/h4-10H,3,11H2,1-2H3,(H,19,21)/b9-7+. The van der Waals surface area contributed by atoms with Gasteiger partial charge in [-0.25, -0.2) is 4.79 Å². The van der Waals surface area contributed by atoms with E-state index in [1.54, 1.807) is 26.0 Å². The van der Waals surface area contributed by atoms with E-state index in [2.05, 4.69) is 5.32 Å². The average Bonchev–Trinajstić information content (AvgIpc) is 3.05. The number of nitro groups is 1. The van der Waals surface area contributed by atoms with E-state index in [0.717, 1.165) is 6.08 Å². The first-order valence-corrected chi connectivity index (χ1v) is 8.01. The van der Waals surface area contributed by atoms with Gasteiger partial charge in [0.15, 0.2) is 6.61 Å². The molecule has 1 N–H and O–H groups in total. The SMILES string of the molecule is CCOc1ccc(NC(=O)COC(=O)/C=C/c2ccc(C)o2)c([N+](=O)[O-])c1. The molecule has 1 aromatic heterocycles. The van der Waals surface area contributed by atoms with Gasteiger partial charge in [0.05, 0.1) is 17.6 Å². The number of rotatable bonds is 8. The van der Waals surface area contributed by atoms with Crippen LogP contribution in [0.25, 0.3) is 6.08 Å². The highest BCUT2D eigenvalue weighted by atomic mass is 16.6. The molecule has 0 spiro atoms. The van der Waals surface area contributed by atoms with Crippen molar-refractivity contribution in [3.8, 4) is 5.75 Å². The Bertz CT molecular complexity index is 870. The molecule has 0 bridgehead atoms. The van der Waals surface area contributed by atoms with Gasteiger partial charge in [0.25, 0.3) is 11.6 Å². The summed E-state index contributed by atoms with van der Waals surface area (Å²) in [4.78, 5) is 34.0. The minimum absolute atomic E-state index is 0.0221. The highest BCUT2D eigenvalue weighted by Crippen LogP contribution is 2.29. The molecule has 0 saturated heterocycles. The Hall–Kier alpha value is -3.62. The van der Waals surface area contributed by atoms with Crippen LogP contribution in [-0.4, -0.2) is 30.0 Å². The summed E-state index contributed by atoms with van der Waals surface area (Å²) in [5.74, 6) is 0.0171. The van der Waals surface area contributed by atoms with Crippen LogP contribution in [0, 0.1) is 17.0 Å². The number of amides is 1. The second kappa shape index (κ2) is 9.18. The maximum atomic E-state index is 11.9. The number of nitrogens with one attached hydrogen (secondary N) is 1. The second-order valence-corrected chi connectivity index (χ2v) is 5.31. The summed E-state index contributed by atoms with van der Waals surface area (Å²) in [5.41, 5.74) is -0.347. The highest BCUT2D eigenvalue weighted by Gasteiger charge is 2.18. The number of ether oxygens (including phenoxy) is 2. The van der Waals surface area contributed by atoms with E-state index in [4.69, 9.17) is 13.9 Å².